The summed E-state index contributed by atoms with van der Waals surface area (Å²) in [7, 11) is 0. The Bertz CT molecular complexity index is 1530. The molecule has 3 heteroatoms. The zero-order valence-electron chi connectivity index (χ0n) is 22.5. The van der Waals surface area contributed by atoms with Gasteiger partial charge in [0.2, 0.25) is 0 Å². The third kappa shape index (κ3) is 4.53. The van der Waals surface area contributed by atoms with Crippen molar-refractivity contribution in [2.24, 2.45) is 0 Å². The molecule has 0 N–H and O–H groups in total. The molecule has 0 aliphatic carbocycles. The van der Waals surface area contributed by atoms with Crippen LogP contribution >= 0.6 is 0 Å². The summed E-state index contributed by atoms with van der Waals surface area (Å²) in [5.74, 6) is 0. The molecule has 2 heterocycles. The van der Waals surface area contributed by atoms with Gasteiger partial charge >= 0.3 is 0 Å². The molecule has 36 heavy (non-hydrogen) atoms. The Morgan fingerprint density at radius 3 is 2.11 bits per heavy atom. The molecular formula is C33H37IrN2-. The van der Waals surface area contributed by atoms with E-state index in [0.717, 1.165) is 29.6 Å². The first-order valence-corrected chi connectivity index (χ1v) is 13.3. The Hall–Kier alpha value is -2.48. The summed E-state index contributed by atoms with van der Waals surface area (Å²) >= 11 is 0. The molecule has 0 amide bonds. The first-order chi connectivity index (χ1) is 16.9. The topological polar surface area (TPSA) is 17.3 Å². The molecule has 0 spiro atoms. The van der Waals surface area contributed by atoms with Gasteiger partial charge in [-0.05, 0) is 87.1 Å². The second kappa shape index (κ2) is 10.9. The van der Waals surface area contributed by atoms with Gasteiger partial charge in [0.25, 0.3) is 0 Å². The summed E-state index contributed by atoms with van der Waals surface area (Å²) < 4.78 is 2.44. The van der Waals surface area contributed by atoms with E-state index in [1.54, 1.807) is 0 Å². The molecule has 0 atom stereocenters. The summed E-state index contributed by atoms with van der Waals surface area (Å²) in [6.07, 6.45) is 7.17. The zero-order chi connectivity index (χ0) is 24.7. The second-order valence-corrected chi connectivity index (χ2v) is 10.3. The van der Waals surface area contributed by atoms with E-state index in [2.05, 4.69) is 88.4 Å². The SMILES string of the molecule is CCCCc1cc2c3ccc[c-]c3c3nc(C)c(-c4c(C)cc(C)cc4C)n3c2cc1CCCC.[Ir]. The van der Waals surface area contributed by atoms with Gasteiger partial charge in [-0.2, -0.15) is 0 Å². The normalized spacial score (nSPS) is 11.5. The quantitative estimate of drug-likeness (QED) is 0.127. The van der Waals surface area contributed by atoms with E-state index >= 15 is 0 Å². The Morgan fingerprint density at radius 2 is 1.47 bits per heavy atom. The molecule has 3 aromatic carbocycles. The summed E-state index contributed by atoms with van der Waals surface area (Å²) in [6, 6.07) is 19.5. The van der Waals surface area contributed by atoms with Crippen molar-refractivity contribution >= 4 is 27.3 Å². The van der Waals surface area contributed by atoms with Crippen molar-refractivity contribution < 1.29 is 20.1 Å². The number of nitrogens with zero attached hydrogens (tertiary/aromatic N) is 2. The van der Waals surface area contributed by atoms with Crippen LogP contribution in [0.3, 0.4) is 0 Å². The molecular weight excluding hydrogens is 617 g/mol. The molecule has 2 aromatic heterocycles. The van der Waals surface area contributed by atoms with E-state index in [0.29, 0.717) is 0 Å². The van der Waals surface area contributed by atoms with Gasteiger partial charge in [-0.3, -0.25) is 4.98 Å². The summed E-state index contributed by atoms with van der Waals surface area (Å²) in [4.78, 5) is 5.17. The van der Waals surface area contributed by atoms with Crippen molar-refractivity contribution in [1.29, 1.82) is 0 Å². The van der Waals surface area contributed by atoms with Gasteiger partial charge in [-0.25, -0.2) is 0 Å². The fraction of sp³-hybridized carbons (Fsp3) is 0.364. The van der Waals surface area contributed by atoms with Gasteiger partial charge in [0.1, 0.15) is 0 Å². The van der Waals surface area contributed by atoms with Gasteiger partial charge in [-0.15, -0.1) is 29.7 Å². The number of benzene rings is 3. The van der Waals surface area contributed by atoms with Crippen LogP contribution in [0.25, 0.3) is 38.6 Å². The van der Waals surface area contributed by atoms with Crippen LogP contribution in [0.4, 0.5) is 0 Å². The molecule has 0 unspecified atom stereocenters. The van der Waals surface area contributed by atoms with Gasteiger partial charge in [0.05, 0.1) is 17.0 Å². The number of pyridine rings is 1. The Balaban J connectivity index is 0.00000304. The first-order valence-electron chi connectivity index (χ1n) is 13.3. The van der Waals surface area contributed by atoms with Gasteiger partial charge in [0.15, 0.2) is 0 Å². The van der Waals surface area contributed by atoms with Crippen LogP contribution in [0.15, 0.2) is 42.5 Å². The summed E-state index contributed by atoms with van der Waals surface area (Å²) in [5, 5.41) is 3.68. The molecule has 1 radical (unpaired) electrons. The number of unbranched alkanes of at least 4 members (excludes halogenated alkanes) is 2. The molecule has 0 bridgehead atoms. The average Bonchev–Trinajstić information content (AvgIpc) is 3.17. The van der Waals surface area contributed by atoms with E-state index in [-0.39, 0.29) is 20.1 Å². The zero-order valence-corrected chi connectivity index (χ0v) is 24.9. The minimum absolute atomic E-state index is 0. The standard InChI is InChI=1S/C33H37N2.Ir/c1-7-9-13-25-19-29-27-15-11-12-16-28(27)33-34-24(6)32(31-22(4)17-21(3)18-23(31)5)35(33)30(29)20-26(25)14-10-8-2;/h11-12,15,17-20H,7-10,13-14H2,1-6H3;/q-1;. The van der Waals surface area contributed by atoms with E-state index in [4.69, 9.17) is 4.98 Å². The second-order valence-electron chi connectivity index (χ2n) is 10.3. The van der Waals surface area contributed by atoms with Crippen LogP contribution < -0.4 is 0 Å². The third-order valence-corrected chi connectivity index (χ3v) is 7.49. The molecule has 0 aliphatic heterocycles. The van der Waals surface area contributed by atoms with Crippen LogP contribution in [-0.4, -0.2) is 9.38 Å². The van der Waals surface area contributed by atoms with Crippen molar-refractivity contribution in [2.75, 3.05) is 0 Å². The fourth-order valence-corrected chi connectivity index (χ4v) is 5.90. The van der Waals surface area contributed by atoms with Crippen molar-refractivity contribution in [3.8, 4) is 11.3 Å². The fourth-order valence-electron chi connectivity index (χ4n) is 5.90. The maximum absolute atomic E-state index is 5.17. The van der Waals surface area contributed by atoms with Crippen molar-refractivity contribution in [2.45, 2.75) is 80.1 Å². The molecule has 5 aromatic rings. The van der Waals surface area contributed by atoms with Crippen LogP contribution in [0.2, 0.25) is 0 Å². The Morgan fingerprint density at radius 1 is 0.833 bits per heavy atom. The number of rotatable bonds is 7. The third-order valence-electron chi connectivity index (χ3n) is 7.49. The van der Waals surface area contributed by atoms with E-state index < -0.39 is 0 Å². The van der Waals surface area contributed by atoms with Crippen LogP contribution in [0.1, 0.15) is 73.0 Å². The van der Waals surface area contributed by atoms with E-state index in [9.17, 15) is 0 Å². The monoisotopic (exact) mass is 654 g/mol. The van der Waals surface area contributed by atoms with Crippen molar-refractivity contribution in [1.82, 2.24) is 9.38 Å². The predicted molar refractivity (Wildman–Crippen MR) is 151 cm³/mol. The van der Waals surface area contributed by atoms with Gasteiger partial charge < -0.3 is 4.40 Å². The van der Waals surface area contributed by atoms with Crippen LogP contribution in [0, 0.1) is 33.8 Å². The minimum Gasteiger partial charge on any atom is -0.333 e. The predicted octanol–water partition coefficient (Wildman–Crippen LogP) is 9.02. The number of fused-ring (bicyclic) bond motifs is 6. The maximum Gasteiger partial charge on any atom is 0.0669 e. The number of aryl methyl sites for hydroxylation is 6. The molecule has 0 aliphatic rings. The first kappa shape index (κ1) is 26.6. The van der Waals surface area contributed by atoms with Crippen molar-refractivity contribution in [3.63, 3.8) is 0 Å². The Labute approximate surface area is 229 Å². The average molecular weight is 654 g/mol. The van der Waals surface area contributed by atoms with Crippen molar-refractivity contribution in [3.05, 3.63) is 82.0 Å². The van der Waals surface area contributed by atoms with Gasteiger partial charge in [-0.1, -0.05) is 55.8 Å². The number of imidazole rings is 1. The van der Waals surface area contributed by atoms with Crippen LogP contribution in [0.5, 0.6) is 0 Å². The smallest absolute Gasteiger partial charge is 0.0669 e. The molecule has 0 saturated carbocycles. The van der Waals surface area contributed by atoms with E-state index in [1.165, 1.54) is 81.0 Å². The maximum atomic E-state index is 5.17. The molecule has 0 fully saturated rings. The van der Waals surface area contributed by atoms with E-state index in [1.807, 2.05) is 6.07 Å². The van der Waals surface area contributed by atoms with Crippen LogP contribution in [-0.2, 0) is 32.9 Å². The largest absolute Gasteiger partial charge is 0.333 e. The number of hydrogen-bond donors (Lipinski definition) is 0. The minimum atomic E-state index is 0. The number of aromatic nitrogens is 2. The number of hydrogen-bond acceptors (Lipinski definition) is 1. The molecule has 2 nitrogen and oxygen atoms in total. The Kier molecular flexibility index (Phi) is 8.02. The molecule has 0 saturated heterocycles. The molecule has 5 rings (SSSR count). The van der Waals surface area contributed by atoms with Gasteiger partial charge in [0, 0.05) is 31.2 Å². The summed E-state index contributed by atoms with van der Waals surface area (Å²) in [5.41, 5.74) is 12.8. The molecule has 189 valence electrons. The summed E-state index contributed by atoms with van der Waals surface area (Å²) in [6.45, 7) is 13.4.